The summed E-state index contributed by atoms with van der Waals surface area (Å²) in [7, 11) is 0. The second-order valence-corrected chi connectivity index (χ2v) is 5.35. The molecule has 0 fully saturated rings. The predicted molar refractivity (Wildman–Crippen MR) is 80.1 cm³/mol. The first kappa shape index (κ1) is 15.9. The minimum atomic E-state index is -0.635. The third-order valence-electron chi connectivity index (χ3n) is 2.52. The van der Waals surface area contributed by atoms with E-state index >= 15 is 0 Å². The van der Waals surface area contributed by atoms with Gasteiger partial charge in [-0.3, -0.25) is 10.1 Å². The van der Waals surface area contributed by atoms with Gasteiger partial charge in [0.1, 0.15) is 0 Å². The zero-order valence-corrected chi connectivity index (χ0v) is 12.7. The molecule has 0 aliphatic heterocycles. The van der Waals surface area contributed by atoms with Crippen LogP contribution in [-0.2, 0) is 0 Å². The van der Waals surface area contributed by atoms with Gasteiger partial charge in [-0.15, -0.1) is 12.4 Å². The highest BCUT2D eigenvalue weighted by Crippen LogP contribution is 2.38. The van der Waals surface area contributed by atoms with Crippen molar-refractivity contribution in [2.75, 3.05) is 0 Å². The first-order valence-electron chi connectivity index (χ1n) is 4.95. The Hall–Kier alpha value is -1.15. The summed E-state index contributed by atoms with van der Waals surface area (Å²) in [5.74, 6) is -0.387. The highest BCUT2D eigenvalue weighted by Gasteiger charge is 2.23. The summed E-state index contributed by atoms with van der Waals surface area (Å²) in [5.41, 5.74) is 6.78. The van der Waals surface area contributed by atoms with Crippen molar-refractivity contribution in [3.8, 4) is 5.75 Å². The van der Waals surface area contributed by atoms with Crippen molar-refractivity contribution in [2.45, 2.75) is 6.04 Å². The molecule has 0 bridgehead atoms. The molecule has 1 heterocycles. The molecule has 3 N–H and O–H groups in total. The van der Waals surface area contributed by atoms with Crippen LogP contribution in [-0.4, -0.2) is 10.0 Å². The molecule has 1 atom stereocenters. The lowest BCUT2D eigenvalue weighted by atomic mass is 10.0. The van der Waals surface area contributed by atoms with Crippen LogP contribution < -0.4 is 5.73 Å². The minimum absolute atomic E-state index is 0. The lowest BCUT2D eigenvalue weighted by Crippen LogP contribution is -2.11. The largest absolute Gasteiger partial charge is 0.502 e. The average Bonchev–Trinajstić information content (AvgIpc) is 2.84. The zero-order chi connectivity index (χ0) is 13.3. The number of phenolic OH excluding ortho intramolecular Hbond substituents is 1. The van der Waals surface area contributed by atoms with Crippen LogP contribution in [0.5, 0.6) is 5.75 Å². The Morgan fingerprint density at radius 3 is 2.68 bits per heavy atom. The highest BCUT2D eigenvalue weighted by atomic mass is 79.9. The molecule has 2 rings (SSSR count). The first-order valence-corrected chi connectivity index (χ1v) is 6.68. The van der Waals surface area contributed by atoms with Gasteiger partial charge in [0.25, 0.3) is 0 Å². The van der Waals surface area contributed by atoms with E-state index in [4.69, 9.17) is 5.73 Å². The number of nitro benzene ring substituents is 1. The molecule has 5 nitrogen and oxygen atoms in total. The molecular formula is C11H10BrClN2O3S. The number of hydrogen-bond acceptors (Lipinski definition) is 5. The standard InChI is InChI=1S/C11H9BrN2O3S.ClH/c12-7-3-8(10(13)6-1-2-18-5-6)11(15)9(4-7)14(16)17;/h1-5,10,15H,13H2;1H/t10-;/m0./s1. The van der Waals surface area contributed by atoms with Gasteiger partial charge in [-0.2, -0.15) is 11.3 Å². The quantitative estimate of drug-likeness (QED) is 0.642. The Morgan fingerprint density at radius 1 is 1.47 bits per heavy atom. The molecule has 0 amide bonds. The van der Waals surface area contributed by atoms with Crippen molar-refractivity contribution in [1.29, 1.82) is 0 Å². The van der Waals surface area contributed by atoms with Gasteiger partial charge in [-0.05, 0) is 28.5 Å². The van der Waals surface area contributed by atoms with Crippen molar-refractivity contribution in [3.05, 3.63) is 54.7 Å². The minimum Gasteiger partial charge on any atom is -0.502 e. The molecule has 2 aromatic rings. The van der Waals surface area contributed by atoms with Gasteiger partial charge in [0.2, 0.25) is 0 Å². The maximum Gasteiger partial charge on any atom is 0.312 e. The third kappa shape index (κ3) is 3.24. The highest BCUT2D eigenvalue weighted by molar-refractivity contribution is 9.10. The topological polar surface area (TPSA) is 89.4 Å². The normalized spacial score (nSPS) is 11.7. The summed E-state index contributed by atoms with van der Waals surface area (Å²) in [6.45, 7) is 0. The maximum absolute atomic E-state index is 10.8. The molecule has 0 saturated carbocycles. The average molecular weight is 366 g/mol. The number of aromatic hydroxyl groups is 1. The Bertz CT molecular complexity index is 592. The Balaban J connectivity index is 0.00000180. The van der Waals surface area contributed by atoms with Crippen molar-refractivity contribution >= 4 is 45.4 Å². The van der Waals surface area contributed by atoms with E-state index in [2.05, 4.69) is 15.9 Å². The molecule has 0 radical (unpaired) electrons. The van der Waals surface area contributed by atoms with Crippen LogP contribution >= 0.6 is 39.7 Å². The second-order valence-electron chi connectivity index (χ2n) is 3.65. The summed E-state index contributed by atoms with van der Waals surface area (Å²) in [4.78, 5) is 10.2. The van der Waals surface area contributed by atoms with Crippen LogP contribution in [0.3, 0.4) is 0 Å². The van der Waals surface area contributed by atoms with Gasteiger partial charge >= 0.3 is 5.69 Å². The predicted octanol–water partition coefficient (Wildman–Crippen LogP) is 3.59. The molecule has 0 saturated heterocycles. The lowest BCUT2D eigenvalue weighted by Gasteiger charge is -2.13. The zero-order valence-electron chi connectivity index (χ0n) is 9.45. The number of nitrogens with zero attached hydrogens (tertiary/aromatic N) is 1. The molecule has 0 unspecified atom stereocenters. The summed E-state index contributed by atoms with van der Waals surface area (Å²) < 4.78 is 0.507. The number of nitrogens with two attached hydrogens (primary N) is 1. The van der Waals surface area contributed by atoms with Crippen molar-refractivity contribution in [2.24, 2.45) is 5.73 Å². The Kier molecular flexibility index (Phi) is 5.30. The molecule has 102 valence electrons. The number of benzene rings is 1. The van der Waals surface area contributed by atoms with Gasteiger partial charge in [0.15, 0.2) is 5.75 Å². The second kappa shape index (κ2) is 6.33. The monoisotopic (exact) mass is 364 g/mol. The summed E-state index contributed by atoms with van der Waals surface area (Å²) in [5, 5.41) is 24.4. The van der Waals surface area contributed by atoms with Crippen LogP contribution in [0.2, 0.25) is 0 Å². The van der Waals surface area contributed by atoms with E-state index in [0.29, 0.717) is 10.0 Å². The van der Waals surface area contributed by atoms with Gasteiger partial charge in [0.05, 0.1) is 11.0 Å². The summed E-state index contributed by atoms with van der Waals surface area (Å²) in [6, 6.07) is 4.07. The van der Waals surface area contributed by atoms with E-state index in [9.17, 15) is 15.2 Å². The van der Waals surface area contributed by atoms with E-state index < -0.39 is 11.0 Å². The Morgan fingerprint density at radius 2 is 2.16 bits per heavy atom. The first-order chi connectivity index (χ1) is 8.50. The van der Waals surface area contributed by atoms with E-state index in [1.165, 1.54) is 17.4 Å². The van der Waals surface area contributed by atoms with Gasteiger partial charge in [-0.1, -0.05) is 15.9 Å². The summed E-state index contributed by atoms with van der Waals surface area (Å²) in [6.07, 6.45) is 0. The molecule has 1 aromatic heterocycles. The number of nitro groups is 1. The Labute approximate surface area is 127 Å². The molecule has 0 aliphatic carbocycles. The van der Waals surface area contributed by atoms with Crippen molar-refractivity contribution < 1.29 is 10.0 Å². The van der Waals surface area contributed by atoms with Crippen LogP contribution in [0.1, 0.15) is 17.2 Å². The van der Waals surface area contributed by atoms with Crippen LogP contribution in [0.4, 0.5) is 5.69 Å². The molecule has 0 spiro atoms. The SMILES string of the molecule is Cl.N[C@@H](c1ccsc1)c1cc(Br)cc([N+](=O)[O-])c1O. The molecule has 8 heteroatoms. The number of rotatable bonds is 3. The number of hydrogen-bond donors (Lipinski definition) is 2. The lowest BCUT2D eigenvalue weighted by molar-refractivity contribution is -0.386. The van der Waals surface area contributed by atoms with Crippen molar-refractivity contribution in [1.82, 2.24) is 0 Å². The summed E-state index contributed by atoms with van der Waals surface area (Å²) >= 11 is 4.65. The van der Waals surface area contributed by atoms with Crippen molar-refractivity contribution in [3.63, 3.8) is 0 Å². The fraction of sp³-hybridized carbons (Fsp3) is 0.0909. The fourth-order valence-corrected chi connectivity index (χ4v) is 2.77. The third-order valence-corrected chi connectivity index (χ3v) is 3.68. The van der Waals surface area contributed by atoms with Crippen LogP contribution in [0, 0.1) is 10.1 Å². The van der Waals surface area contributed by atoms with Gasteiger partial charge in [-0.25, -0.2) is 0 Å². The van der Waals surface area contributed by atoms with Gasteiger partial charge < -0.3 is 10.8 Å². The van der Waals surface area contributed by atoms with E-state index in [-0.39, 0.29) is 23.8 Å². The number of phenols is 1. The molecular weight excluding hydrogens is 356 g/mol. The van der Waals surface area contributed by atoms with E-state index in [0.717, 1.165) is 5.56 Å². The molecule has 19 heavy (non-hydrogen) atoms. The molecule has 1 aromatic carbocycles. The van der Waals surface area contributed by atoms with E-state index in [1.807, 2.05) is 16.8 Å². The van der Waals surface area contributed by atoms with Crippen LogP contribution in [0.25, 0.3) is 0 Å². The fourth-order valence-electron chi connectivity index (χ4n) is 1.61. The molecule has 0 aliphatic rings. The van der Waals surface area contributed by atoms with Crippen LogP contribution in [0.15, 0.2) is 33.4 Å². The number of thiophene rings is 1. The van der Waals surface area contributed by atoms with E-state index in [1.54, 1.807) is 6.07 Å². The van der Waals surface area contributed by atoms with Gasteiger partial charge in [0, 0.05) is 16.1 Å². The smallest absolute Gasteiger partial charge is 0.312 e. The number of halogens is 2. The maximum atomic E-state index is 10.8.